The van der Waals surface area contributed by atoms with Crippen molar-refractivity contribution in [2.45, 2.75) is 33.1 Å². The quantitative estimate of drug-likeness (QED) is 0.726. The van der Waals surface area contributed by atoms with E-state index in [1.807, 2.05) is 19.1 Å². The van der Waals surface area contributed by atoms with Crippen LogP contribution in [0.5, 0.6) is 5.75 Å². The highest BCUT2D eigenvalue weighted by molar-refractivity contribution is 7.87. The van der Waals surface area contributed by atoms with E-state index in [2.05, 4.69) is 26.5 Å². The van der Waals surface area contributed by atoms with E-state index in [1.165, 1.54) is 0 Å². The number of hydrogen-bond donors (Lipinski definition) is 2. The topological polar surface area (TPSA) is 110 Å². The van der Waals surface area contributed by atoms with Crippen molar-refractivity contribution in [2.24, 2.45) is 17.0 Å². The summed E-state index contributed by atoms with van der Waals surface area (Å²) in [5, 5.41) is 6.07. The number of nitrogens with zero attached hydrogens (tertiary/aromatic N) is 3. The lowest BCUT2D eigenvalue weighted by Crippen LogP contribution is -2.41. The summed E-state index contributed by atoms with van der Waals surface area (Å²) in [6.07, 6.45) is 4.50. The van der Waals surface area contributed by atoms with Gasteiger partial charge in [-0.25, -0.2) is 19.8 Å². The molecule has 28 heavy (non-hydrogen) atoms. The first kappa shape index (κ1) is 20.8. The van der Waals surface area contributed by atoms with Crippen LogP contribution in [0, 0.1) is 18.8 Å². The van der Waals surface area contributed by atoms with Crippen molar-refractivity contribution in [2.75, 3.05) is 31.6 Å². The van der Waals surface area contributed by atoms with Crippen LogP contribution in [-0.4, -0.2) is 45.1 Å². The lowest BCUT2D eigenvalue weighted by molar-refractivity contribution is 0.267. The van der Waals surface area contributed by atoms with Gasteiger partial charge in [0.2, 0.25) is 0 Å². The fraction of sp³-hybridized carbons (Fsp3) is 0.579. The van der Waals surface area contributed by atoms with Crippen molar-refractivity contribution in [1.82, 2.24) is 14.7 Å². The molecule has 3 N–H and O–H groups in total. The Labute approximate surface area is 166 Å². The van der Waals surface area contributed by atoms with Crippen LogP contribution in [-0.2, 0) is 10.2 Å². The number of nitrogens with one attached hydrogen (secondary N) is 1. The van der Waals surface area contributed by atoms with Gasteiger partial charge in [0.15, 0.2) is 0 Å². The molecule has 9 heteroatoms. The molecule has 1 aromatic heterocycles. The van der Waals surface area contributed by atoms with Gasteiger partial charge in [-0.1, -0.05) is 13.3 Å². The van der Waals surface area contributed by atoms with E-state index in [0.29, 0.717) is 12.5 Å². The number of hydrogen-bond acceptors (Lipinski definition) is 6. The number of ether oxygens (including phenoxy) is 1. The van der Waals surface area contributed by atoms with E-state index in [1.54, 1.807) is 13.4 Å². The molecule has 1 saturated heterocycles. The fourth-order valence-electron chi connectivity index (χ4n) is 4.10. The molecule has 0 amide bonds. The van der Waals surface area contributed by atoms with Gasteiger partial charge < -0.3 is 9.64 Å². The van der Waals surface area contributed by atoms with Crippen LogP contribution in [0.3, 0.4) is 0 Å². The number of fused-ring (bicyclic) bond motifs is 1. The zero-order valence-corrected chi connectivity index (χ0v) is 17.5. The largest absolute Gasteiger partial charge is 0.496 e. The molecule has 1 aliphatic rings. The van der Waals surface area contributed by atoms with Crippen molar-refractivity contribution < 1.29 is 13.2 Å². The molecule has 2 heterocycles. The van der Waals surface area contributed by atoms with Gasteiger partial charge in [-0.05, 0) is 49.3 Å². The number of anilines is 1. The number of aryl methyl sites for hydroxylation is 1. The number of rotatable bonds is 7. The van der Waals surface area contributed by atoms with Crippen LogP contribution in [0.1, 0.15) is 31.7 Å². The summed E-state index contributed by atoms with van der Waals surface area (Å²) in [6, 6.07) is 4.04. The molecule has 0 aliphatic carbocycles. The second-order valence-corrected chi connectivity index (χ2v) is 8.80. The summed E-state index contributed by atoms with van der Waals surface area (Å²) in [5.74, 6) is 2.50. The van der Waals surface area contributed by atoms with Crippen LogP contribution in [0.25, 0.3) is 10.9 Å². The third-order valence-corrected chi connectivity index (χ3v) is 6.28. The maximum Gasteiger partial charge on any atom is 0.274 e. The summed E-state index contributed by atoms with van der Waals surface area (Å²) in [6.45, 7) is 6.24. The molecule has 0 bridgehead atoms. The Morgan fingerprint density at radius 3 is 2.64 bits per heavy atom. The number of nitrogens with two attached hydrogens (primary N) is 1. The average molecular weight is 408 g/mol. The summed E-state index contributed by atoms with van der Waals surface area (Å²) in [5.41, 5.74) is 1.96. The molecular formula is C19H29N5O3S. The van der Waals surface area contributed by atoms with Crippen molar-refractivity contribution >= 4 is 26.9 Å². The molecule has 0 saturated carbocycles. The van der Waals surface area contributed by atoms with E-state index < -0.39 is 10.2 Å². The highest BCUT2D eigenvalue weighted by Crippen LogP contribution is 2.33. The average Bonchev–Trinajstić information content (AvgIpc) is 2.67. The predicted molar refractivity (Wildman–Crippen MR) is 111 cm³/mol. The summed E-state index contributed by atoms with van der Waals surface area (Å²) >= 11 is 0. The van der Waals surface area contributed by atoms with E-state index in [-0.39, 0.29) is 5.92 Å². The lowest BCUT2D eigenvalue weighted by atomic mass is 9.83. The molecule has 2 aromatic rings. The number of methoxy groups -OCH3 is 1. The molecule has 154 valence electrons. The van der Waals surface area contributed by atoms with Crippen LogP contribution >= 0.6 is 0 Å². The first-order valence-corrected chi connectivity index (χ1v) is 11.2. The number of piperidine rings is 1. The highest BCUT2D eigenvalue weighted by atomic mass is 32.2. The minimum atomic E-state index is -3.65. The van der Waals surface area contributed by atoms with E-state index in [0.717, 1.165) is 60.4 Å². The Balaban J connectivity index is 1.74. The third-order valence-electron chi connectivity index (χ3n) is 5.71. The summed E-state index contributed by atoms with van der Waals surface area (Å²) in [4.78, 5) is 11.2. The van der Waals surface area contributed by atoms with Crippen LogP contribution in [0.2, 0.25) is 0 Å². The Kier molecular flexibility index (Phi) is 6.36. The Bertz CT molecular complexity index is 927. The molecular weight excluding hydrogens is 378 g/mol. The maximum atomic E-state index is 11.2. The van der Waals surface area contributed by atoms with Crippen molar-refractivity contribution in [3.8, 4) is 5.75 Å². The van der Waals surface area contributed by atoms with Gasteiger partial charge in [0, 0.05) is 25.0 Å². The second kappa shape index (κ2) is 8.59. The zero-order valence-electron chi connectivity index (χ0n) is 16.7. The van der Waals surface area contributed by atoms with Gasteiger partial charge in [-0.3, -0.25) is 0 Å². The van der Waals surface area contributed by atoms with Crippen molar-refractivity contribution in [1.29, 1.82) is 0 Å². The summed E-state index contributed by atoms with van der Waals surface area (Å²) < 4.78 is 30.3. The highest BCUT2D eigenvalue weighted by Gasteiger charge is 2.27. The molecule has 8 nitrogen and oxygen atoms in total. The van der Waals surface area contributed by atoms with Gasteiger partial charge in [0.05, 0.1) is 12.6 Å². The van der Waals surface area contributed by atoms with Gasteiger partial charge in [-0.2, -0.15) is 8.42 Å². The molecule has 1 atom stereocenters. The lowest BCUT2D eigenvalue weighted by Gasteiger charge is -2.36. The van der Waals surface area contributed by atoms with Gasteiger partial charge in [0.1, 0.15) is 17.9 Å². The van der Waals surface area contributed by atoms with Crippen LogP contribution in [0.4, 0.5) is 5.82 Å². The zero-order chi connectivity index (χ0) is 20.3. The molecule has 0 spiro atoms. The normalized spacial score (nSPS) is 17.1. The van der Waals surface area contributed by atoms with Crippen LogP contribution in [0.15, 0.2) is 18.5 Å². The van der Waals surface area contributed by atoms with Gasteiger partial charge in [0.25, 0.3) is 10.2 Å². The molecule has 1 fully saturated rings. The first-order valence-electron chi connectivity index (χ1n) is 9.64. The molecule has 1 aliphatic heterocycles. The van der Waals surface area contributed by atoms with Crippen molar-refractivity contribution in [3.05, 3.63) is 24.0 Å². The molecule has 1 unspecified atom stereocenters. The molecule has 3 rings (SSSR count). The Morgan fingerprint density at radius 1 is 1.32 bits per heavy atom. The molecule has 0 radical (unpaired) electrons. The second-order valence-electron chi connectivity index (χ2n) is 7.42. The standard InChI is InChI=1S/C19H29N5O3S/c1-4-14(11-23-28(20,25)26)15-5-7-24(8-6-15)19-16-10-18(27-3)13(2)9-17(16)21-12-22-19/h9-10,12,14-15,23H,4-8,11H2,1-3H3,(H2,20,25,26). The smallest absolute Gasteiger partial charge is 0.274 e. The minimum absolute atomic E-state index is 0.283. The first-order chi connectivity index (χ1) is 13.3. The van der Waals surface area contributed by atoms with Gasteiger partial charge >= 0.3 is 0 Å². The minimum Gasteiger partial charge on any atom is -0.496 e. The van der Waals surface area contributed by atoms with E-state index in [9.17, 15) is 8.42 Å². The Hall–Kier alpha value is -1.97. The Morgan fingerprint density at radius 2 is 2.04 bits per heavy atom. The van der Waals surface area contributed by atoms with E-state index >= 15 is 0 Å². The maximum absolute atomic E-state index is 11.2. The summed E-state index contributed by atoms with van der Waals surface area (Å²) in [7, 11) is -1.98. The number of aromatic nitrogens is 2. The SMILES string of the molecule is CCC(CNS(N)(=O)=O)C1CCN(c2ncnc3cc(C)c(OC)cc23)CC1. The van der Waals surface area contributed by atoms with Crippen molar-refractivity contribution in [3.63, 3.8) is 0 Å². The number of benzene rings is 1. The monoisotopic (exact) mass is 407 g/mol. The molecule has 1 aromatic carbocycles. The predicted octanol–water partition coefficient (Wildman–Crippen LogP) is 1.98. The fourth-order valence-corrected chi connectivity index (χ4v) is 4.54. The van der Waals surface area contributed by atoms with Gasteiger partial charge in [-0.15, -0.1) is 0 Å². The van der Waals surface area contributed by atoms with Crippen LogP contribution < -0.4 is 19.5 Å². The third kappa shape index (κ3) is 4.71. The van der Waals surface area contributed by atoms with E-state index in [4.69, 9.17) is 9.88 Å².